The van der Waals surface area contributed by atoms with E-state index in [2.05, 4.69) is 15.7 Å². The average Bonchev–Trinajstić information content (AvgIpc) is 3.55. The summed E-state index contributed by atoms with van der Waals surface area (Å²) in [5, 5.41) is 10.7. The van der Waals surface area contributed by atoms with Gasteiger partial charge in [0.1, 0.15) is 12.0 Å². The molecule has 2 aromatic rings. The molecule has 0 radical (unpaired) electrons. The Morgan fingerprint density at radius 2 is 2.09 bits per heavy atom. The van der Waals surface area contributed by atoms with Crippen molar-refractivity contribution in [3.8, 4) is 0 Å². The molecule has 0 bridgehead atoms. The summed E-state index contributed by atoms with van der Waals surface area (Å²) in [5.41, 5.74) is 0.886. The van der Waals surface area contributed by atoms with Gasteiger partial charge in [0.15, 0.2) is 9.84 Å². The molecule has 1 aliphatic carbocycles. The number of fused-ring (bicyclic) bond motifs is 1. The molecule has 4 heterocycles. The van der Waals surface area contributed by atoms with Crippen LogP contribution in [0.1, 0.15) is 43.7 Å². The second-order valence-electron chi connectivity index (χ2n) is 12.2. The highest BCUT2D eigenvalue weighted by molar-refractivity contribution is 7.92. The van der Waals surface area contributed by atoms with Gasteiger partial charge in [-0.15, -0.1) is 11.6 Å². The van der Waals surface area contributed by atoms with E-state index in [4.69, 9.17) is 21.3 Å². The quantitative estimate of drug-likeness (QED) is 0.262. The molecule has 1 aromatic carbocycles. The third-order valence-electron chi connectivity index (χ3n) is 9.41. The van der Waals surface area contributed by atoms with E-state index in [-0.39, 0.29) is 24.3 Å². The van der Waals surface area contributed by atoms with Crippen LogP contribution in [0.25, 0.3) is 0 Å². The Bertz CT molecular complexity index is 1540. The first-order chi connectivity index (χ1) is 21.8. The Labute approximate surface area is 268 Å². The van der Waals surface area contributed by atoms with Crippen molar-refractivity contribution in [1.29, 1.82) is 0 Å². The maximum atomic E-state index is 16.1. The van der Waals surface area contributed by atoms with Crippen molar-refractivity contribution in [3.63, 3.8) is 0 Å². The van der Waals surface area contributed by atoms with Gasteiger partial charge < -0.3 is 20.3 Å². The number of rotatable bonds is 11. The van der Waals surface area contributed by atoms with Crippen LogP contribution in [-0.2, 0) is 20.0 Å². The van der Waals surface area contributed by atoms with Gasteiger partial charge in [-0.1, -0.05) is 24.6 Å². The topological polar surface area (TPSA) is 101 Å². The SMILES string of the molecule is O=S(=O)(CCCCCCl)C1CNCCC1n1cc(N2CC=Nc3c2cccc3C2(CC3COCCN3)C(F)=CC=CC2F)cn1. The number of nitrogens with one attached hydrogen (secondary N) is 2. The van der Waals surface area contributed by atoms with Crippen LogP contribution in [0.5, 0.6) is 0 Å². The Kier molecular flexibility index (Phi) is 10.1. The third kappa shape index (κ3) is 6.49. The molecule has 9 nitrogen and oxygen atoms in total. The number of ether oxygens (including phenoxy) is 1. The number of benzene rings is 1. The van der Waals surface area contributed by atoms with Crippen LogP contribution in [0.15, 0.2) is 59.6 Å². The zero-order valence-electron chi connectivity index (χ0n) is 25.3. The van der Waals surface area contributed by atoms with Gasteiger partial charge in [-0.2, -0.15) is 5.10 Å². The number of nitrogens with zero attached hydrogens (tertiary/aromatic N) is 4. The maximum Gasteiger partial charge on any atom is 0.156 e. The third-order valence-corrected chi connectivity index (χ3v) is 11.9. The molecule has 2 fully saturated rings. The Morgan fingerprint density at radius 1 is 1.20 bits per heavy atom. The number of unbranched alkanes of at least 4 members (excludes halogenated alkanes) is 2. The summed E-state index contributed by atoms with van der Waals surface area (Å²) in [6.45, 7) is 3.06. The fourth-order valence-electron chi connectivity index (χ4n) is 7.08. The van der Waals surface area contributed by atoms with E-state index in [0.717, 1.165) is 18.5 Å². The van der Waals surface area contributed by atoms with E-state index in [0.29, 0.717) is 75.1 Å². The second-order valence-corrected chi connectivity index (χ2v) is 14.9. The van der Waals surface area contributed by atoms with Crippen LogP contribution in [-0.4, -0.2) is 92.9 Å². The van der Waals surface area contributed by atoms with E-state index in [1.165, 1.54) is 18.2 Å². The summed E-state index contributed by atoms with van der Waals surface area (Å²) >= 11 is 5.78. The summed E-state index contributed by atoms with van der Waals surface area (Å²) in [6.07, 6.45) is 10.9. The number of sulfone groups is 1. The monoisotopic (exact) mass is 662 g/mol. The highest BCUT2D eigenvalue weighted by Gasteiger charge is 2.49. The fraction of sp³-hybridized carbons (Fsp3) is 0.562. The van der Waals surface area contributed by atoms with Gasteiger partial charge in [-0.05, 0) is 56.0 Å². The minimum Gasteiger partial charge on any atom is -0.379 e. The summed E-state index contributed by atoms with van der Waals surface area (Å²) in [6, 6.07) is 4.95. The van der Waals surface area contributed by atoms with E-state index in [1.807, 2.05) is 23.2 Å². The molecule has 0 amide bonds. The van der Waals surface area contributed by atoms with Crippen LogP contribution >= 0.6 is 11.6 Å². The van der Waals surface area contributed by atoms with Gasteiger partial charge in [0.2, 0.25) is 0 Å². The summed E-state index contributed by atoms with van der Waals surface area (Å²) in [4.78, 5) is 6.72. The lowest BCUT2D eigenvalue weighted by molar-refractivity contribution is 0.0595. The molecule has 5 atom stereocenters. The largest absolute Gasteiger partial charge is 0.379 e. The number of aromatic nitrogens is 2. The zero-order valence-corrected chi connectivity index (χ0v) is 26.8. The molecule has 4 aliphatic rings. The number of allylic oxidation sites excluding steroid dienone is 4. The number of anilines is 2. The molecule has 0 spiro atoms. The first-order valence-corrected chi connectivity index (χ1v) is 18.1. The lowest BCUT2D eigenvalue weighted by Gasteiger charge is -2.41. The number of hydrogen-bond acceptors (Lipinski definition) is 8. The number of morpholine rings is 1. The second kappa shape index (κ2) is 14.0. The van der Waals surface area contributed by atoms with Crippen molar-refractivity contribution < 1.29 is 21.9 Å². The number of alkyl halides is 2. The lowest BCUT2D eigenvalue weighted by Crippen LogP contribution is -2.49. The number of para-hydroxylation sites is 1. The minimum absolute atomic E-state index is 0.125. The van der Waals surface area contributed by atoms with Crippen molar-refractivity contribution in [1.82, 2.24) is 20.4 Å². The van der Waals surface area contributed by atoms with E-state index in [1.54, 1.807) is 23.2 Å². The van der Waals surface area contributed by atoms with Crippen LogP contribution in [0, 0.1) is 0 Å². The molecular formula is C32H41ClF2N6O3S. The van der Waals surface area contributed by atoms with Crippen molar-refractivity contribution in [2.45, 2.75) is 61.0 Å². The summed E-state index contributed by atoms with van der Waals surface area (Å²) < 4.78 is 66.3. The van der Waals surface area contributed by atoms with Crippen molar-refractivity contribution in [2.24, 2.45) is 4.99 Å². The van der Waals surface area contributed by atoms with Gasteiger partial charge in [0, 0.05) is 37.4 Å². The van der Waals surface area contributed by atoms with Crippen molar-refractivity contribution >= 4 is 44.7 Å². The maximum absolute atomic E-state index is 16.1. The Hall–Kier alpha value is -2.64. The predicted molar refractivity (Wildman–Crippen MR) is 175 cm³/mol. The Morgan fingerprint density at radius 3 is 2.89 bits per heavy atom. The van der Waals surface area contributed by atoms with E-state index >= 15 is 8.78 Å². The molecule has 0 saturated carbocycles. The average molecular weight is 663 g/mol. The zero-order chi connectivity index (χ0) is 31.4. The molecule has 45 heavy (non-hydrogen) atoms. The van der Waals surface area contributed by atoms with Crippen LogP contribution in [0.4, 0.5) is 25.8 Å². The molecular weight excluding hydrogens is 622 g/mol. The van der Waals surface area contributed by atoms with Gasteiger partial charge >= 0.3 is 0 Å². The molecule has 6 rings (SSSR count). The first-order valence-electron chi connectivity index (χ1n) is 15.8. The standard InChI is InChI=1S/C32H41ClF2N6O3S/c33-11-2-1-3-17-45(42,43)28-20-36-12-10-26(28)41-21-24(19-39-41)40-15-13-38-31-25(6-4-7-27(31)40)32(18-23-22-44-16-14-37-23)29(34)8-5-9-30(32)35/h4-9,13,19,21,23,26,28-29,36-37H,1-3,10-12,14-18,20,22H2. The molecule has 2 saturated heterocycles. The molecule has 5 unspecified atom stereocenters. The highest BCUT2D eigenvalue weighted by Crippen LogP contribution is 2.51. The smallest absolute Gasteiger partial charge is 0.156 e. The Balaban J connectivity index is 1.31. The number of aliphatic imine (C=N–C) groups is 1. The van der Waals surface area contributed by atoms with Gasteiger partial charge in [0.05, 0.1) is 65.5 Å². The first kappa shape index (κ1) is 32.3. The van der Waals surface area contributed by atoms with E-state index in [9.17, 15) is 8.42 Å². The highest BCUT2D eigenvalue weighted by atomic mass is 35.5. The summed E-state index contributed by atoms with van der Waals surface area (Å²) in [5.74, 6) is 0.110. The van der Waals surface area contributed by atoms with Crippen LogP contribution in [0.2, 0.25) is 0 Å². The minimum atomic E-state index is -3.37. The van der Waals surface area contributed by atoms with Crippen LogP contribution in [0.3, 0.4) is 0 Å². The lowest BCUT2D eigenvalue weighted by atomic mass is 9.68. The predicted octanol–water partition coefficient (Wildman–Crippen LogP) is 4.84. The fourth-order valence-corrected chi connectivity index (χ4v) is 9.29. The number of hydrogen-bond donors (Lipinski definition) is 2. The number of piperidine rings is 1. The van der Waals surface area contributed by atoms with E-state index < -0.39 is 32.5 Å². The molecule has 2 N–H and O–H groups in total. The number of halogens is 3. The molecule has 3 aliphatic heterocycles. The van der Waals surface area contributed by atoms with Crippen LogP contribution < -0.4 is 15.5 Å². The van der Waals surface area contributed by atoms with Gasteiger partial charge in [-0.25, -0.2) is 17.2 Å². The normalized spacial score (nSPS) is 28.6. The van der Waals surface area contributed by atoms with Gasteiger partial charge in [0.25, 0.3) is 0 Å². The van der Waals surface area contributed by atoms with Crippen molar-refractivity contribution in [3.05, 3.63) is 60.2 Å². The molecule has 244 valence electrons. The summed E-state index contributed by atoms with van der Waals surface area (Å²) in [7, 11) is -3.37. The van der Waals surface area contributed by atoms with Gasteiger partial charge in [-0.3, -0.25) is 9.67 Å². The van der Waals surface area contributed by atoms with Crippen molar-refractivity contribution in [2.75, 3.05) is 55.9 Å². The molecule has 13 heteroatoms. The molecule has 1 aromatic heterocycles.